The van der Waals surface area contributed by atoms with Gasteiger partial charge in [0, 0.05) is 6.61 Å². The number of halogens is 2. The summed E-state index contributed by atoms with van der Waals surface area (Å²) in [6.45, 7) is 6.52. The van der Waals surface area contributed by atoms with Crippen molar-refractivity contribution >= 4 is 5.97 Å². The Balaban J connectivity index is 2.08. The van der Waals surface area contributed by atoms with E-state index in [1.165, 1.54) is 18.9 Å². The molecule has 176 valence electrons. The Morgan fingerprint density at radius 2 is 1.88 bits per heavy atom. The highest BCUT2D eigenvalue weighted by Gasteiger charge is 2.50. The molecule has 1 aromatic rings. The molecule has 0 heterocycles. The monoisotopic (exact) mass is 446 g/mol. The Kier molecular flexibility index (Phi) is 8.26. The zero-order chi connectivity index (χ0) is 23.3. The number of carboxylic acid groups (broad SMARTS) is 1. The Labute approximate surface area is 190 Å². The molecule has 1 saturated carbocycles. The molecular formula is C27H36F2O3. The highest BCUT2D eigenvalue weighted by atomic mass is 19.2. The summed E-state index contributed by atoms with van der Waals surface area (Å²) in [6, 6.07) is 7.49. The number of rotatable bonds is 9. The molecule has 1 aromatic carbocycles. The molecule has 0 amide bonds. The van der Waals surface area contributed by atoms with E-state index in [4.69, 9.17) is 4.74 Å². The molecule has 3 rings (SSSR count). The van der Waals surface area contributed by atoms with Gasteiger partial charge < -0.3 is 9.84 Å². The molecule has 0 spiro atoms. The van der Waals surface area contributed by atoms with Gasteiger partial charge in [-0.2, -0.15) is 0 Å². The predicted octanol–water partition coefficient (Wildman–Crippen LogP) is 7.44. The molecule has 3 nitrogen and oxygen atoms in total. The number of hydrogen-bond donors (Lipinski definition) is 1. The summed E-state index contributed by atoms with van der Waals surface area (Å²) in [5.74, 6) is -4.57. The Morgan fingerprint density at radius 1 is 1.19 bits per heavy atom. The maximum absolute atomic E-state index is 16.1. The molecule has 0 radical (unpaired) electrons. The zero-order valence-electron chi connectivity index (χ0n) is 19.4. The van der Waals surface area contributed by atoms with Gasteiger partial charge in [-0.25, -0.2) is 8.78 Å². The van der Waals surface area contributed by atoms with Crippen LogP contribution >= 0.6 is 0 Å². The topological polar surface area (TPSA) is 46.5 Å². The third-order valence-corrected chi connectivity index (χ3v) is 7.38. The molecule has 0 aliphatic heterocycles. The van der Waals surface area contributed by atoms with E-state index in [0.29, 0.717) is 18.1 Å². The van der Waals surface area contributed by atoms with Gasteiger partial charge in [0.1, 0.15) is 11.7 Å². The first kappa shape index (κ1) is 24.6. The van der Waals surface area contributed by atoms with Crippen LogP contribution in [-0.4, -0.2) is 17.7 Å². The van der Waals surface area contributed by atoms with Gasteiger partial charge in [-0.15, -0.1) is 0 Å². The lowest BCUT2D eigenvalue weighted by Gasteiger charge is -2.44. The zero-order valence-corrected chi connectivity index (χ0v) is 19.4. The van der Waals surface area contributed by atoms with Crippen LogP contribution in [0, 0.1) is 17.8 Å². The van der Waals surface area contributed by atoms with Gasteiger partial charge in [0.25, 0.3) is 0 Å². The lowest BCUT2D eigenvalue weighted by Crippen LogP contribution is -2.41. The van der Waals surface area contributed by atoms with Crippen LogP contribution in [0.2, 0.25) is 0 Å². The number of aliphatic carboxylic acids is 1. The first-order valence-corrected chi connectivity index (χ1v) is 12.1. The second-order valence-corrected chi connectivity index (χ2v) is 9.25. The Hall–Kier alpha value is -2.01. The van der Waals surface area contributed by atoms with Gasteiger partial charge in [-0.1, -0.05) is 75.4 Å². The van der Waals surface area contributed by atoms with Gasteiger partial charge in [-0.3, -0.25) is 4.79 Å². The van der Waals surface area contributed by atoms with E-state index in [0.717, 1.165) is 37.7 Å². The summed E-state index contributed by atoms with van der Waals surface area (Å²) in [4.78, 5) is 11.5. The Morgan fingerprint density at radius 3 is 2.50 bits per heavy atom. The number of unbranched alkanes of at least 4 members (excludes halogenated alkanes) is 1. The number of ether oxygens (including phenoxy) is 1. The van der Waals surface area contributed by atoms with Gasteiger partial charge in [0.05, 0.1) is 11.5 Å². The van der Waals surface area contributed by atoms with E-state index in [1.807, 2.05) is 38.1 Å². The second kappa shape index (κ2) is 10.7. The van der Waals surface area contributed by atoms with Gasteiger partial charge in [-0.05, 0) is 49.7 Å². The predicted molar refractivity (Wildman–Crippen MR) is 123 cm³/mol. The fourth-order valence-electron chi connectivity index (χ4n) is 5.64. The largest absolute Gasteiger partial charge is 0.480 e. The van der Waals surface area contributed by atoms with Crippen molar-refractivity contribution in [2.75, 3.05) is 6.61 Å². The molecule has 0 bridgehead atoms. The maximum Gasteiger partial charge on any atom is 0.317 e. The van der Waals surface area contributed by atoms with Crippen LogP contribution in [0.5, 0.6) is 0 Å². The highest BCUT2D eigenvalue weighted by Crippen LogP contribution is 2.54. The van der Waals surface area contributed by atoms with Crippen molar-refractivity contribution in [3.63, 3.8) is 0 Å². The van der Waals surface area contributed by atoms with E-state index in [-0.39, 0.29) is 12.0 Å². The molecule has 0 saturated heterocycles. The summed E-state index contributed by atoms with van der Waals surface area (Å²) in [6.07, 6.45) is 9.77. The standard InChI is InChI=1S/C27H36F2O3/c1-4-6-9-19-12-14-20(15-13-19)27(17-16-22(26(30)31)24(28)25(27)29)23-11-8-7-10-21(23)18(3)32-5-2/h7-8,10-11,16-20,22H,4-6,9,12-15H2,1-3H3,(H,30,31). The minimum atomic E-state index is -1.57. The van der Waals surface area contributed by atoms with Gasteiger partial charge >= 0.3 is 5.97 Å². The molecular weight excluding hydrogens is 410 g/mol. The fraction of sp³-hybridized carbons (Fsp3) is 0.593. The normalized spacial score (nSPS) is 29.2. The third-order valence-electron chi connectivity index (χ3n) is 7.38. The molecule has 3 unspecified atom stereocenters. The highest BCUT2D eigenvalue weighted by molar-refractivity contribution is 5.76. The average molecular weight is 447 g/mol. The van der Waals surface area contributed by atoms with E-state index < -0.39 is 29.0 Å². The molecule has 2 aliphatic rings. The third kappa shape index (κ3) is 4.68. The molecule has 1 N–H and O–H groups in total. The maximum atomic E-state index is 16.1. The summed E-state index contributed by atoms with van der Waals surface area (Å²) < 4.78 is 37.1. The van der Waals surface area contributed by atoms with Crippen LogP contribution in [0.3, 0.4) is 0 Å². The summed E-state index contributed by atoms with van der Waals surface area (Å²) in [7, 11) is 0. The number of hydrogen-bond acceptors (Lipinski definition) is 2. The lowest BCUT2D eigenvalue weighted by molar-refractivity contribution is -0.139. The van der Waals surface area contributed by atoms with E-state index in [2.05, 4.69) is 6.92 Å². The average Bonchev–Trinajstić information content (AvgIpc) is 2.80. The van der Waals surface area contributed by atoms with Gasteiger partial charge in [0.15, 0.2) is 5.83 Å². The SMILES string of the molecule is CCCCC1CCC(C2(c3ccccc3C(C)OCC)C=CC(C(=O)O)C(F)=C2F)CC1. The van der Waals surface area contributed by atoms with Crippen LogP contribution in [0.4, 0.5) is 8.78 Å². The minimum absolute atomic E-state index is 0.132. The molecule has 2 aliphatic carbocycles. The second-order valence-electron chi connectivity index (χ2n) is 9.25. The van der Waals surface area contributed by atoms with Crippen molar-refractivity contribution in [2.45, 2.75) is 77.2 Å². The van der Waals surface area contributed by atoms with Crippen molar-refractivity contribution < 1.29 is 23.4 Å². The lowest BCUT2D eigenvalue weighted by atomic mass is 9.59. The van der Waals surface area contributed by atoms with Gasteiger partial charge in [0.2, 0.25) is 0 Å². The van der Waals surface area contributed by atoms with E-state index >= 15 is 8.78 Å². The molecule has 5 heteroatoms. The number of allylic oxidation sites excluding steroid dienone is 2. The van der Waals surface area contributed by atoms with Crippen LogP contribution in [0.25, 0.3) is 0 Å². The van der Waals surface area contributed by atoms with Crippen molar-refractivity contribution in [3.05, 3.63) is 59.2 Å². The first-order chi connectivity index (χ1) is 15.4. The Bertz CT molecular complexity index is 854. The molecule has 32 heavy (non-hydrogen) atoms. The van der Waals surface area contributed by atoms with Crippen molar-refractivity contribution in [1.29, 1.82) is 0 Å². The number of carbonyl (C=O) groups is 1. The summed E-state index contributed by atoms with van der Waals surface area (Å²) >= 11 is 0. The summed E-state index contributed by atoms with van der Waals surface area (Å²) in [5.41, 5.74) is 0.211. The van der Waals surface area contributed by atoms with Crippen LogP contribution in [0.15, 0.2) is 48.1 Å². The fourth-order valence-corrected chi connectivity index (χ4v) is 5.64. The minimum Gasteiger partial charge on any atom is -0.480 e. The summed E-state index contributed by atoms with van der Waals surface area (Å²) in [5, 5.41) is 9.40. The quantitative estimate of drug-likeness (QED) is 0.401. The van der Waals surface area contributed by atoms with Crippen LogP contribution in [-0.2, 0) is 14.9 Å². The van der Waals surface area contributed by atoms with Crippen molar-refractivity contribution in [1.82, 2.24) is 0 Å². The van der Waals surface area contributed by atoms with E-state index in [9.17, 15) is 9.90 Å². The number of benzene rings is 1. The molecule has 0 aromatic heterocycles. The smallest absolute Gasteiger partial charge is 0.317 e. The molecule has 3 atom stereocenters. The van der Waals surface area contributed by atoms with Crippen molar-refractivity contribution in [3.8, 4) is 0 Å². The number of carboxylic acids is 1. The molecule has 1 fully saturated rings. The van der Waals surface area contributed by atoms with Crippen molar-refractivity contribution in [2.24, 2.45) is 17.8 Å². The first-order valence-electron chi connectivity index (χ1n) is 12.1. The van der Waals surface area contributed by atoms with Crippen LogP contribution < -0.4 is 0 Å². The van der Waals surface area contributed by atoms with E-state index in [1.54, 1.807) is 6.08 Å². The van der Waals surface area contributed by atoms with Crippen LogP contribution in [0.1, 0.15) is 82.9 Å².